The number of hydrogen-bond acceptors (Lipinski definition) is 1. The van der Waals surface area contributed by atoms with Crippen molar-refractivity contribution in [2.75, 3.05) is 0 Å². The van der Waals surface area contributed by atoms with Crippen LogP contribution in [-0.2, 0) is 0 Å². The molecule has 0 fully saturated rings. The van der Waals surface area contributed by atoms with E-state index in [0.29, 0.717) is 0 Å². The van der Waals surface area contributed by atoms with Crippen LogP contribution in [-0.4, -0.2) is 62.1 Å². The van der Waals surface area contributed by atoms with Gasteiger partial charge in [-0.05, 0) is 20.3 Å². The second kappa shape index (κ2) is 4.47. The van der Waals surface area contributed by atoms with Gasteiger partial charge >= 0.3 is 0 Å². The van der Waals surface area contributed by atoms with Gasteiger partial charge in [0.2, 0.25) is 0 Å². The molecule has 0 spiro atoms. The summed E-state index contributed by atoms with van der Waals surface area (Å²) in [6.07, 6.45) is 0.826. The second-order valence-electron chi connectivity index (χ2n) is 2.17. The largest absolute Gasteiger partial charge is 0.390 e. The van der Waals surface area contributed by atoms with Gasteiger partial charge in [0.05, 0.1) is 5.60 Å². The first kappa shape index (κ1) is 11.4. The van der Waals surface area contributed by atoms with E-state index >= 15 is 0 Å². The monoisotopic (exact) mass is 127 g/mol. The molecule has 0 atom stereocenters. The van der Waals surface area contributed by atoms with Crippen LogP contribution >= 0.6 is 0 Å². The zero-order chi connectivity index (χ0) is 5.21. The molecule has 0 heterocycles. The number of rotatable bonds is 1. The molecular weight excluding hydrogens is 115 g/mol. The molecule has 0 aliphatic rings. The van der Waals surface area contributed by atoms with E-state index in [1.165, 1.54) is 0 Å². The minimum Gasteiger partial charge on any atom is -0.390 e. The number of aliphatic hydroxyl groups is 1. The van der Waals surface area contributed by atoms with Crippen LogP contribution in [0, 0.1) is 0 Å². The molecule has 39 valence electrons. The molecule has 0 bridgehead atoms. The predicted octanol–water partition coefficient (Wildman–Crippen LogP) is 0.786. The molecule has 0 aliphatic carbocycles. The zero-order valence-electron chi connectivity index (χ0n) is 5.65. The predicted molar refractivity (Wildman–Crippen MR) is 32.3 cm³/mol. The van der Waals surface area contributed by atoms with E-state index in [4.69, 9.17) is 5.11 Å². The Morgan fingerprint density at radius 2 is 1.57 bits per heavy atom. The topological polar surface area (TPSA) is 20.2 Å². The fourth-order valence-corrected chi connectivity index (χ4v) is 0. The minimum absolute atomic E-state index is 0. The van der Waals surface area contributed by atoms with Gasteiger partial charge in [0.1, 0.15) is 0 Å². The van der Waals surface area contributed by atoms with Crippen LogP contribution in [0.25, 0.3) is 0 Å². The molecule has 1 nitrogen and oxygen atoms in total. The molecule has 7 heavy (non-hydrogen) atoms. The first-order valence-corrected chi connectivity index (χ1v) is 2.28. The molecule has 0 aromatic heterocycles. The van der Waals surface area contributed by atoms with Crippen LogP contribution in [0.5, 0.6) is 0 Å². The third-order valence-corrected chi connectivity index (χ3v) is 0.865. The Morgan fingerprint density at radius 1 is 1.43 bits per heavy atom. The average Bonchev–Trinajstić information content (AvgIpc) is 1.35. The normalized spacial score (nSPS) is 10.3. The first-order chi connectivity index (χ1) is 2.56. The molecule has 0 amide bonds. The average molecular weight is 127 g/mol. The second-order valence-corrected chi connectivity index (χ2v) is 2.17. The molecule has 2 heteroatoms. The van der Waals surface area contributed by atoms with Gasteiger partial charge in [-0.1, -0.05) is 6.92 Å². The molecule has 0 aromatic carbocycles. The van der Waals surface area contributed by atoms with Gasteiger partial charge in [0.15, 0.2) is 0 Å². The summed E-state index contributed by atoms with van der Waals surface area (Å²) in [5.74, 6) is 0. The molecule has 0 saturated heterocycles. The van der Waals surface area contributed by atoms with Gasteiger partial charge in [-0.15, -0.1) is 0 Å². The fourth-order valence-electron chi connectivity index (χ4n) is 0. The SMILES string of the molecule is CCC(C)(C)O.[K]. The van der Waals surface area contributed by atoms with Crippen molar-refractivity contribution in [3.05, 3.63) is 0 Å². The molecular formula is C5H12KO. The molecule has 0 aromatic rings. The van der Waals surface area contributed by atoms with Crippen LogP contribution in [0.15, 0.2) is 0 Å². The molecule has 0 saturated carbocycles. The summed E-state index contributed by atoms with van der Waals surface area (Å²) in [6, 6.07) is 0. The number of hydrogen-bond donors (Lipinski definition) is 1. The summed E-state index contributed by atoms with van der Waals surface area (Å²) in [6.45, 7) is 5.56. The summed E-state index contributed by atoms with van der Waals surface area (Å²) in [5.41, 5.74) is -0.458. The molecule has 0 unspecified atom stereocenters. The van der Waals surface area contributed by atoms with E-state index in [0.717, 1.165) is 6.42 Å². The Hall–Kier alpha value is 1.60. The Morgan fingerprint density at radius 3 is 1.57 bits per heavy atom. The van der Waals surface area contributed by atoms with Crippen LogP contribution in [0.3, 0.4) is 0 Å². The van der Waals surface area contributed by atoms with Crippen LogP contribution < -0.4 is 0 Å². The summed E-state index contributed by atoms with van der Waals surface area (Å²) < 4.78 is 0. The molecule has 0 rings (SSSR count). The van der Waals surface area contributed by atoms with E-state index in [-0.39, 0.29) is 51.4 Å². The third kappa shape index (κ3) is 11.3. The maximum absolute atomic E-state index is 8.83. The Bertz CT molecular complexity index is 37.8. The standard InChI is InChI=1S/C5H12O.K/c1-4-5(2,3)6;/h6H,4H2,1-3H3;. The van der Waals surface area contributed by atoms with Gasteiger partial charge in [-0.2, -0.15) is 0 Å². The van der Waals surface area contributed by atoms with Crippen molar-refractivity contribution in [3.8, 4) is 0 Å². The maximum atomic E-state index is 8.83. The zero-order valence-corrected chi connectivity index (χ0v) is 8.78. The van der Waals surface area contributed by atoms with Crippen molar-refractivity contribution in [2.45, 2.75) is 32.8 Å². The van der Waals surface area contributed by atoms with Crippen molar-refractivity contribution < 1.29 is 5.11 Å². The maximum Gasteiger partial charge on any atom is 0.0589 e. The van der Waals surface area contributed by atoms with E-state index in [1.54, 1.807) is 13.8 Å². The molecule has 0 aliphatic heterocycles. The van der Waals surface area contributed by atoms with Crippen molar-refractivity contribution >= 4 is 51.4 Å². The van der Waals surface area contributed by atoms with Crippen LogP contribution in [0.1, 0.15) is 27.2 Å². The van der Waals surface area contributed by atoms with E-state index < -0.39 is 5.60 Å². The van der Waals surface area contributed by atoms with Crippen molar-refractivity contribution in [1.29, 1.82) is 0 Å². The van der Waals surface area contributed by atoms with Gasteiger partial charge in [-0.25, -0.2) is 0 Å². The van der Waals surface area contributed by atoms with E-state index in [1.807, 2.05) is 6.92 Å². The third-order valence-electron chi connectivity index (χ3n) is 0.865. The van der Waals surface area contributed by atoms with Crippen molar-refractivity contribution in [1.82, 2.24) is 0 Å². The molecule has 1 radical (unpaired) electrons. The Labute approximate surface area is 87.9 Å². The van der Waals surface area contributed by atoms with Gasteiger partial charge in [0.25, 0.3) is 0 Å². The molecule has 1 N–H and O–H groups in total. The van der Waals surface area contributed by atoms with Crippen molar-refractivity contribution in [2.24, 2.45) is 0 Å². The quantitative estimate of drug-likeness (QED) is 0.516. The summed E-state index contributed by atoms with van der Waals surface area (Å²) in [7, 11) is 0. The summed E-state index contributed by atoms with van der Waals surface area (Å²) in [4.78, 5) is 0. The minimum atomic E-state index is -0.458. The Balaban J connectivity index is 0. The van der Waals surface area contributed by atoms with E-state index in [2.05, 4.69) is 0 Å². The fraction of sp³-hybridized carbons (Fsp3) is 1.00. The summed E-state index contributed by atoms with van der Waals surface area (Å²) in [5, 5.41) is 8.83. The van der Waals surface area contributed by atoms with Gasteiger partial charge in [0, 0.05) is 51.4 Å². The summed E-state index contributed by atoms with van der Waals surface area (Å²) >= 11 is 0. The smallest absolute Gasteiger partial charge is 0.0589 e. The van der Waals surface area contributed by atoms with Crippen molar-refractivity contribution in [3.63, 3.8) is 0 Å². The van der Waals surface area contributed by atoms with Crippen LogP contribution in [0.2, 0.25) is 0 Å². The first-order valence-electron chi connectivity index (χ1n) is 2.28. The van der Waals surface area contributed by atoms with Gasteiger partial charge < -0.3 is 5.11 Å². The van der Waals surface area contributed by atoms with Crippen LogP contribution in [0.4, 0.5) is 0 Å². The Kier molecular flexibility index (Phi) is 7.28. The van der Waals surface area contributed by atoms with Gasteiger partial charge in [-0.3, -0.25) is 0 Å². The van der Waals surface area contributed by atoms with E-state index in [9.17, 15) is 0 Å².